The monoisotopic (exact) mass is 371 g/mol. The first-order valence-electron chi connectivity index (χ1n) is 8.16. The van der Waals surface area contributed by atoms with E-state index >= 15 is 0 Å². The van der Waals surface area contributed by atoms with Crippen molar-refractivity contribution in [1.82, 2.24) is 0 Å². The number of para-hydroxylation sites is 1. The lowest BCUT2D eigenvalue weighted by atomic mass is 10.1. The predicted molar refractivity (Wildman–Crippen MR) is 98.5 cm³/mol. The first-order valence-corrected chi connectivity index (χ1v) is 9.60. The number of carbonyl (C=O) groups excluding carboxylic acids is 1. The fraction of sp³-hybridized carbons (Fsp3) is 0.222. The van der Waals surface area contributed by atoms with Gasteiger partial charge in [0.2, 0.25) is 5.91 Å². The zero-order chi connectivity index (χ0) is 18.3. The molecule has 2 aliphatic rings. The number of benzene rings is 2. The normalized spacial score (nSPS) is 17.3. The van der Waals surface area contributed by atoms with Crippen LogP contribution in [0.1, 0.15) is 5.56 Å². The average molecular weight is 371 g/mol. The molecule has 0 bridgehead atoms. The van der Waals surface area contributed by atoms with E-state index < -0.39 is 10.0 Å². The third-order valence-electron chi connectivity index (χ3n) is 4.36. The molecule has 0 fully saturated rings. The van der Waals surface area contributed by atoms with Gasteiger partial charge in [0.25, 0.3) is 10.0 Å². The molecule has 0 N–H and O–H groups in total. The van der Waals surface area contributed by atoms with E-state index in [-0.39, 0.29) is 17.3 Å². The second-order valence-electron chi connectivity index (χ2n) is 6.16. The third-order valence-corrected chi connectivity index (χ3v) is 5.64. The SMILES string of the molecule is Cc1ccc2c(c1)N(C(=O)CN1C=NS(=O)(=O)c3ccccc31)CCO2. The smallest absolute Gasteiger partial charge is 0.285 e. The maximum Gasteiger partial charge on any atom is 0.285 e. The first kappa shape index (κ1) is 16.6. The van der Waals surface area contributed by atoms with E-state index in [2.05, 4.69) is 4.40 Å². The van der Waals surface area contributed by atoms with Crippen LogP contribution in [0.15, 0.2) is 51.8 Å². The summed E-state index contributed by atoms with van der Waals surface area (Å²) in [6.07, 6.45) is 1.20. The van der Waals surface area contributed by atoms with E-state index in [1.807, 2.05) is 25.1 Å². The Hall–Kier alpha value is -2.87. The highest BCUT2D eigenvalue weighted by molar-refractivity contribution is 7.90. The summed E-state index contributed by atoms with van der Waals surface area (Å²) in [7, 11) is -3.71. The Kier molecular flexibility index (Phi) is 3.91. The van der Waals surface area contributed by atoms with Gasteiger partial charge >= 0.3 is 0 Å². The van der Waals surface area contributed by atoms with Crippen LogP contribution in [0.25, 0.3) is 0 Å². The number of amides is 1. The van der Waals surface area contributed by atoms with E-state index in [1.54, 1.807) is 28.0 Å². The minimum atomic E-state index is -3.71. The fourth-order valence-electron chi connectivity index (χ4n) is 3.09. The Bertz CT molecular complexity index is 1020. The minimum Gasteiger partial charge on any atom is -0.490 e. The fourth-order valence-corrected chi connectivity index (χ4v) is 4.15. The van der Waals surface area contributed by atoms with Gasteiger partial charge in [-0.3, -0.25) is 4.79 Å². The van der Waals surface area contributed by atoms with Crippen molar-refractivity contribution in [1.29, 1.82) is 0 Å². The number of aryl methyl sites for hydroxylation is 1. The summed E-state index contributed by atoms with van der Waals surface area (Å²) in [5.41, 5.74) is 2.22. The van der Waals surface area contributed by atoms with E-state index in [9.17, 15) is 13.2 Å². The molecule has 0 radical (unpaired) electrons. The third kappa shape index (κ3) is 2.82. The molecule has 26 heavy (non-hydrogen) atoms. The van der Waals surface area contributed by atoms with Crippen molar-refractivity contribution < 1.29 is 17.9 Å². The lowest BCUT2D eigenvalue weighted by Crippen LogP contribution is -2.44. The maximum absolute atomic E-state index is 12.9. The standard InChI is InChI=1S/C18H17N3O4S/c1-13-6-7-16-15(10-13)21(8-9-25-16)18(22)11-20-12-19-26(23,24)17-5-3-2-4-14(17)20/h2-7,10,12H,8-9,11H2,1H3. The summed E-state index contributed by atoms with van der Waals surface area (Å²) in [4.78, 5) is 16.3. The van der Waals surface area contributed by atoms with Gasteiger partial charge in [0.05, 0.1) is 17.9 Å². The molecule has 0 aliphatic carbocycles. The van der Waals surface area contributed by atoms with Crippen LogP contribution >= 0.6 is 0 Å². The van der Waals surface area contributed by atoms with Crippen LogP contribution in [0.3, 0.4) is 0 Å². The van der Waals surface area contributed by atoms with Gasteiger partial charge in [-0.2, -0.15) is 8.42 Å². The number of rotatable bonds is 2. The molecule has 8 heteroatoms. The Morgan fingerprint density at radius 1 is 1.19 bits per heavy atom. The lowest BCUT2D eigenvalue weighted by Gasteiger charge is -2.32. The second kappa shape index (κ2) is 6.14. The number of fused-ring (bicyclic) bond motifs is 2. The molecule has 2 heterocycles. The summed E-state index contributed by atoms with van der Waals surface area (Å²) >= 11 is 0. The van der Waals surface area contributed by atoms with Crippen LogP contribution in [0.2, 0.25) is 0 Å². The van der Waals surface area contributed by atoms with Gasteiger partial charge in [-0.05, 0) is 36.8 Å². The summed E-state index contributed by atoms with van der Waals surface area (Å²) in [6, 6.07) is 12.2. The largest absolute Gasteiger partial charge is 0.490 e. The molecule has 134 valence electrons. The molecule has 0 unspecified atom stereocenters. The highest BCUT2D eigenvalue weighted by atomic mass is 32.2. The van der Waals surface area contributed by atoms with Crippen molar-refractivity contribution in [2.75, 3.05) is 29.5 Å². The van der Waals surface area contributed by atoms with Crippen LogP contribution < -0.4 is 14.5 Å². The number of hydrogen-bond acceptors (Lipinski definition) is 5. The minimum absolute atomic E-state index is 0.0105. The molecule has 2 aromatic carbocycles. The number of sulfonamides is 1. The quantitative estimate of drug-likeness (QED) is 0.806. The van der Waals surface area contributed by atoms with Crippen molar-refractivity contribution >= 4 is 33.6 Å². The molecule has 0 saturated carbocycles. The number of hydrogen-bond donors (Lipinski definition) is 0. The number of nitrogens with zero attached hydrogens (tertiary/aromatic N) is 3. The molecule has 1 amide bonds. The number of carbonyl (C=O) groups is 1. The summed E-state index contributed by atoms with van der Waals surface area (Å²) < 4.78 is 33.4. The average Bonchev–Trinajstić information content (AvgIpc) is 2.63. The van der Waals surface area contributed by atoms with Crippen LogP contribution in [-0.2, 0) is 14.8 Å². The topological polar surface area (TPSA) is 79.3 Å². The van der Waals surface area contributed by atoms with Crippen molar-refractivity contribution in [3.8, 4) is 5.75 Å². The molecule has 7 nitrogen and oxygen atoms in total. The van der Waals surface area contributed by atoms with Crippen molar-refractivity contribution in [3.63, 3.8) is 0 Å². The van der Waals surface area contributed by atoms with E-state index in [0.717, 1.165) is 11.3 Å². The molecular weight excluding hydrogens is 354 g/mol. The number of anilines is 2. The van der Waals surface area contributed by atoms with Crippen LogP contribution in [0.5, 0.6) is 5.75 Å². The molecule has 2 aromatic rings. The molecular formula is C18H17N3O4S. The molecule has 2 aliphatic heterocycles. The van der Waals surface area contributed by atoms with E-state index in [0.29, 0.717) is 24.6 Å². The Labute approximate surface area is 151 Å². The lowest BCUT2D eigenvalue weighted by molar-refractivity contribution is -0.117. The van der Waals surface area contributed by atoms with Crippen molar-refractivity contribution in [2.24, 2.45) is 4.40 Å². The van der Waals surface area contributed by atoms with Crippen LogP contribution in [0.4, 0.5) is 11.4 Å². The molecule has 4 rings (SSSR count). The van der Waals surface area contributed by atoms with E-state index in [4.69, 9.17) is 4.74 Å². The maximum atomic E-state index is 12.9. The van der Waals surface area contributed by atoms with Crippen molar-refractivity contribution in [3.05, 3.63) is 48.0 Å². The summed E-state index contributed by atoms with van der Waals surface area (Å²) in [5, 5.41) is 0. The highest BCUT2D eigenvalue weighted by Gasteiger charge is 2.29. The van der Waals surface area contributed by atoms with Crippen molar-refractivity contribution in [2.45, 2.75) is 11.8 Å². The predicted octanol–water partition coefficient (Wildman–Crippen LogP) is 1.96. The van der Waals surface area contributed by atoms with Gasteiger partial charge in [0.1, 0.15) is 30.1 Å². The molecule has 0 aromatic heterocycles. The molecule has 0 saturated heterocycles. The second-order valence-corrected chi connectivity index (χ2v) is 7.76. The molecule has 0 spiro atoms. The van der Waals surface area contributed by atoms with Gasteiger partial charge in [0.15, 0.2) is 0 Å². The summed E-state index contributed by atoms with van der Waals surface area (Å²) in [6.45, 7) is 2.81. The van der Waals surface area contributed by atoms with Gasteiger partial charge < -0.3 is 14.5 Å². The Morgan fingerprint density at radius 3 is 2.85 bits per heavy atom. The highest BCUT2D eigenvalue weighted by Crippen LogP contribution is 2.33. The molecule has 0 atom stereocenters. The Balaban J connectivity index is 1.64. The number of ether oxygens (including phenoxy) is 1. The Morgan fingerprint density at radius 2 is 2.00 bits per heavy atom. The first-order chi connectivity index (χ1) is 12.5. The van der Waals surface area contributed by atoms with Gasteiger partial charge in [-0.15, -0.1) is 4.40 Å². The van der Waals surface area contributed by atoms with Gasteiger partial charge in [0, 0.05) is 0 Å². The zero-order valence-electron chi connectivity index (χ0n) is 14.1. The zero-order valence-corrected chi connectivity index (χ0v) is 14.9. The van der Waals surface area contributed by atoms with Gasteiger partial charge in [-0.25, -0.2) is 0 Å². The summed E-state index contributed by atoms with van der Waals surface area (Å²) in [5.74, 6) is 0.520. The van der Waals surface area contributed by atoms with Gasteiger partial charge in [-0.1, -0.05) is 18.2 Å². The van der Waals surface area contributed by atoms with Crippen LogP contribution in [-0.4, -0.2) is 40.4 Å². The van der Waals surface area contributed by atoms with Crippen LogP contribution in [0, 0.1) is 6.92 Å². The van der Waals surface area contributed by atoms with E-state index in [1.165, 1.54) is 12.4 Å².